The first-order valence-electron chi connectivity index (χ1n) is 9.38. The first kappa shape index (κ1) is 20.7. The SMILES string of the molecule is FC(F)(F)Oc1ccc(CNCCC=C(c2ccccc2)c2ccccc2)cc1. The van der Waals surface area contributed by atoms with Crippen molar-refractivity contribution >= 4 is 5.57 Å². The highest BCUT2D eigenvalue weighted by atomic mass is 19.4. The Morgan fingerprint density at radius 2 is 1.34 bits per heavy atom. The number of alkyl halides is 3. The van der Waals surface area contributed by atoms with Crippen LogP contribution in [0.15, 0.2) is 91.0 Å². The van der Waals surface area contributed by atoms with Crippen LogP contribution >= 0.6 is 0 Å². The topological polar surface area (TPSA) is 21.3 Å². The van der Waals surface area contributed by atoms with Crippen LogP contribution in [-0.2, 0) is 6.54 Å². The quantitative estimate of drug-likeness (QED) is 0.457. The molecule has 29 heavy (non-hydrogen) atoms. The van der Waals surface area contributed by atoms with Crippen molar-refractivity contribution in [2.24, 2.45) is 0 Å². The number of hydrogen-bond donors (Lipinski definition) is 1. The minimum absolute atomic E-state index is 0.209. The predicted molar refractivity (Wildman–Crippen MR) is 109 cm³/mol. The third kappa shape index (κ3) is 6.80. The van der Waals surface area contributed by atoms with E-state index in [4.69, 9.17) is 0 Å². The second-order valence-electron chi connectivity index (χ2n) is 6.51. The number of ether oxygens (including phenoxy) is 1. The zero-order valence-electron chi connectivity index (χ0n) is 15.8. The van der Waals surface area contributed by atoms with Gasteiger partial charge >= 0.3 is 6.36 Å². The molecule has 0 fully saturated rings. The van der Waals surface area contributed by atoms with Gasteiger partial charge in [-0.25, -0.2) is 0 Å². The van der Waals surface area contributed by atoms with E-state index >= 15 is 0 Å². The summed E-state index contributed by atoms with van der Waals surface area (Å²) in [6.45, 7) is 1.33. The largest absolute Gasteiger partial charge is 0.573 e. The maximum atomic E-state index is 12.2. The maximum absolute atomic E-state index is 12.2. The van der Waals surface area contributed by atoms with E-state index in [0.717, 1.165) is 18.5 Å². The first-order valence-corrected chi connectivity index (χ1v) is 9.38. The zero-order valence-corrected chi connectivity index (χ0v) is 15.8. The van der Waals surface area contributed by atoms with Crippen molar-refractivity contribution in [2.45, 2.75) is 19.3 Å². The van der Waals surface area contributed by atoms with E-state index < -0.39 is 6.36 Å². The van der Waals surface area contributed by atoms with E-state index in [1.54, 1.807) is 12.1 Å². The summed E-state index contributed by atoms with van der Waals surface area (Å²) in [5.74, 6) is -0.209. The van der Waals surface area contributed by atoms with Crippen molar-refractivity contribution in [3.05, 3.63) is 108 Å². The molecule has 5 heteroatoms. The summed E-state index contributed by atoms with van der Waals surface area (Å²) in [6, 6.07) is 26.4. The van der Waals surface area contributed by atoms with Crippen LogP contribution in [0.4, 0.5) is 13.2 Å². The molecule has 150 valence electrons. The minimum Gasteiger partial charge on any atom is -0.406 e. The average Bonchev–Trinajstić information content (AvgIpc) is 2.72. The molecule has 0 heterocycles. The third-order valence-electron chi connectivity index (χ3n) is 4.33. The van der Waals surface area contributed by atoms with Crippen molar-refractivity contribution in [1.29, 1.82) is 0 Å². The monoisotopic (exact) mass is 397 g/mol. The lowest BCUT2D eigenvalue weighted by Crippen LogP contribution is -2.17. The van der Waals surface area contributed by atoms with E-state index in [1.165, 1.54) is 28.8 Å². The Balaban J connectivity index is 1.55. The summed E-state index contributed by atoms with van der Waals surface area (Å²) < 4.78 is 40.5. The van der Waals surface area contributed by atoms with Gasteiger partial charge in [-0.15, -0.1) is 13.2 Å². The van der Waals surface area contributed by atoms with Crippen LogP contribution < -0.4 is 10.1 Å². The normalized spacial score (nSPS) is 11.1. The fourth-order valence-corrected chi connectivity index (χ4v) is 3.00. The lowest BCUT2D eigenvalue weighted by molar-refractivity contribution is -0.274. The second-order valence-corrected chi connectivity index (χ2v) is 6.51. The molecule has 0 atom stereocenters. The Bertz CT molecular complexity index is 863. The molecule has 3 aromatic rings. The lowest BCUT2D eigenvalue weighted by Gasteiger charge is -2.10. The van der Waals surface area contributed by atoms with Gasteiger partial charge in [0.2, 0.25) is 0 Å². The van der Waals surface area contributed by atoms with Crippen molar-refractivity contribution in [3.63, 3.8) is 0 Å². The number of hydrogen-bond acceptors (Lipinski definition) is 2. The number of benzene rings is 3. The van der Waals surface area contributed by atoms with Gasteiger partial charge in [0, 0.05) is 6.54 Å². The molecule has 0 aliphatic carbocycles. The Morgan fingerprint density at radius 3 is 1.86 bits per heavy atom. The summed E-state index contributed by atoms with van der Waals surface area (Å²) in [5, 5.41) is 3.32. The summed E-state index contributed by atoms with van der Waals surface area (Å²) >= 11 is 0. The van der Waals surface area contributed by atoms with Crippen LogP contribution in [0, 0.1) is 0 Å². The van der Waals surface area contributed by atoms with E-state index in [-0.39, 0.29) is 5.75 Å². The summed E-state index contributed by atoms with van der Waals surface area (Å²) in [6.07, 6.45) is -1.63. The van der Waals surface area contributed by atoms with Gasteiger partial charge in [-0.1, -0.05) is 78.9 Å². The van der Waals surface area contributed by atoms with Gasteiger partial charge in [-0.3, -0.25) is 0 Å². The van der Waals surface area contributed by atoms with Crippen molar-refractivity contribution < 1.29 is 17.9 Å². The standard InChI is InChI=1S/C24H22F3NO/c25-24(26,27)29-22-15-13-19(14-16-22)18-28-17-7-12-23(20-8-3-1-4-9-20)21-10-5-2-6-11-21/h1-6,8-16,28H,7,17-18H2. The van der Waals surface area contributed by atoms with E-state index in [2.05, 4.69) is 40.4 Å². The van der Waals surface area contributed by atoms with Crippen molar-refractivity contribution in [1.82, 2.24) is 5.32 Å². The lowest BCUT2D eigenvalue weighted by atomic mass is 9.97. The van der Waals surface area contributed by atoms with Crippen LogP contribution in [0.3, 0.4) is 0 Å². The van der Waals surface area contributed by atoms with Gasteiger partial charge in [-0.05, 0) is 47.4 Å². The molecule has 0 saturated heterocycles. The number of rotatable bonds is 8. The molecule has 0 bridgehead atoms. The average molecular weight is 397 g/mol. The molecule has 0 radical (unpaired) electrons. The number of nitrogens with one attached hydrogen (secondary N) is 1. The van der Waals surface area contributed by atoms with Crippen LogP contribution in [0.2, 0.25) is 0 Å². The highest BCUT2D eigenvalue weighted by molar-refractivity contribution is 5.79. The summed E-state index contributed by atoms with van der Waals surface area (Å²) in [4.78, 5) is 0. The van der Waals surface area contributed by atoms with Crippen LogP contribution in [-0.4, -0.2) is 12.9 Å². The molecule has 0 saturated carbocycles. The molecule has 3 rings (SSSR count). The summed E-state index contributed by atoms with van der Waals surface area (Å²) in [7, 11) is 0. The molecule has 0 aromatic heterocycles. The minimum atomic E-state index is -4.67. The number of halogens is 3. The second kappa shape index (κ2) is 9.94. The van der Waals surface area contributed by atoms with Crippen molar-refractivity contribution in [3.8, 4) is 5.75 Å². The Labute approximate surface area is 168 Å². The van der Waals surface area contributed by atoms with Gasteiger partial charge in [-0.2, -0.15) is 0 Å². The van der Waals surface area contributed by atoms with Gasteiger partial charge < -0.3 is 10.1 Å². The smallest absolute Gasteiger partial charge is 0.406 e. The molecular weight excluding hydrogens is 375 g/mol. The Kier molecular flexibility index (Phi) is 7.09. The fourth-order valence-electron chi connectivity index (χ4n) is 3.00. The fraction of sp³-hybridized carbons (Fsp3) is 0.167. The van der Waals surface area contributed by atoms with Crippen LogP contribution in [0.25, 0.3) is 5.57 Å². The van der Waals surface area contributed by atoms with Crippen LogP contribution in [0.1, 0.15) is 23.1 Å². The van der Waals surface area contributed by atoms with Gasteiger partial charge in [0.25, 0.3) is 0 Å². The first-order chi connectivity index (χ1) is 14.0. The molecule has 0 aliphatic heterocycles. The molecule has 0 amide bonds. The molecule has 0 spiro atoms. The molecule has 2 nitrogen and oxygen atoms in total. The molecule has 0 unspecified atom stereocenters. The van der Waals surface area contributed by atoms with Gasteiger partial charge in [0.15, 0.2) is 0 Å². The van der Waals surface area contributed by atoms with E-state index in [9.17, 15) is 13.2 Å². The van der Waals surface area contributed by atoms with Crippen LogP contribution in [0.5, 0.6) is 5.75 Å². The molecular formula is C24H22F3NO. The summed E-state index contributed by atoms with van der Waals surface area (Å²) in [5.41, 5.74) is 4.41. The highest BCUT2D eigenvalue weighted by Crippen LogP contribution is 2.24. The zero-order chi connectivity index (χ0) is 20.5. The highest BCUT2D eigenvalue weighted by Gasteiger charge is 2.30. The molecule has 0 aliphatic rings. The van der Waals surface area contributed by atoms with Gasteiger partial charge in [0.1, 0.15) is 5.75 Å². The van der Waals surface area contributed by atoms with Crippen molar-refractivity contribution in [2.75, 3.05) is 6.54 Å². The molecule has 3 aromatic carbocycles. The molecule has 1 N–H and O–H groups in total. The predicted octanol–water partition coefficient (Wildman–Crippen LogP) is 6.20. The Morgan fingerprint density at radius 1 is 0.793 bits per heavy atom. The Hall–Kier alpha value is -3.05. The van der Waals surface area contributed by atoms with Gasteiger partial charge in [0.05, 0.1) is 0 Å². The maximum Gasteiger partial charge on any atom is 0.573 e. The third-order valence-corrected chi connectivity index (χ3v) is 4.33. The van der Waals surface area contributed by atoms with E-state index in [0.29, 0.717) is 6.54 Å². The van der Waals surface area contributed by atoms with E-state index in [1.807, 2.05) is 36.4 Å².